The van der Waals surface area contributed by atoms with Crippen molar-refractivity contribution in [1.29, 1.82) is 0 Å². The van der Waals surface area contributed by atoms with Gasteiger partial charge in [-0.2, -0.15) is 0 Å². The van der Waals surface area contributed by atoms with Gasteiger partial charge in [0.15, 0.2) is 0 Å². The maximum atomic E-state index is 11.9. The Balaban J connectivity index is 2.09. The molecule has 0 fully saturated rings. The van der Waals surface area contributed by atoms with E-state index in [1.165, 1.54) is 38.5 Å². The molecule has 2 amide bonds. The highest BCUT2D eigenvalue weighted by molar-refractivity contribution is 6.35. The van der Waals surface area contributed by atoms with E-state index < -0.39 is 11.8 Å². The number of carbonyl (C=O) groups excluding carboxylic acids is 2. The van der Waals surface area contributed by atoms with Crippen LogP contribution in [0.1, 0.15) is 76.8 Å². The summed E-state index contributed by atoms with van der Waals surface area (Å²) in [6, 6.07) is 9.45. The van der Waals surface area contributed by atoms with Crippen molar-refractivity contribution in [2.24, 2.45) is 0 Å². The van der Waals surface area contributed by atoms with Crippen LogP contribution in [-0.2, 0) is 9.59 Å². The van der Waals surface area contributed by atoms with Gasteiger partial charge in [0, 0.05) is 6.54 Å². The van der Waals surface area contributed by atoms with E-state index in [2.05, 4.69) is 17.6 Å². The summed E-state index contributed by atoms with van der Waals surface area (Å²) in [6.45, 7) is 4.67. The summed E-state index contributed by atoms with van der Waals surface area (Å²) in [5, 5.41) is 5.43. The Hall–Kier alpha value is -1.84. The van der Waals surface area contributed by atoms with Gasteiger partial charge in [0.25, 0.3) is 0 Å². The minimum Gasteiger partial charge on any atom is -0.348 e. The van der Waals surface area contributed by atoms with Crippen LogP contribution in [0, 0.1) is 0 Å². The maximum Gasteiger partial charge on any atom is 0.309 e. The summed E-state index contributed by atoms with van der Waals surface area (Å²) in [5.74, 6) is -1.10. The van der Waals surface area contributed by atoms with Crippen molar-refractivity contribution in [3.8, 4) is 0 Å². The average molecular weight is 332 g/mol. The van der Waals surface area contributed by atoms with Crippen molar-refractivity contribution >= 4 is 11.8 Å². The normalized spacial score (nSPS) is 11.8. The van der Waals surface area contributed by atoms with Crippen molar-refractivity contribution in [2.45, 2.75) is 71.3 Å². The third-order valence-electron chi connectivity index (χ3n) is 4.17. The number of hydrogen-bond acceptors (Lipinski definition) is 2. The van der Waals surface area contributed by atoms with Crippen LogP contribution in [0.5, 0.6) is 0 Å². The zero-order valence-electron chi connectivity index (χ0n) is 15.1. The Kier molecular flexibility index (Phi) is 10.6. The minimum absolute atomic E-state index is 0.174. The molecule has 0 aliphatic carbocycles. The highest BCUT2D eigenvalue weighted by Crippen LogP contribution is 2.10. The third-order valence-corrected chi connectivity index (χ3v) is 4.17. The molecule has 1 atom stereocenters. The fraction of sp³-hybridized carbons (Fsp3) is 0.600. The van der Waals surface area contributed by atoms with E-state index in [0.717, 1.165) is 18.4 Å². The molecule has 0 spiro atoms. The highest BCUT2D eigenvalue weighted by Gasteiger charge is 2.16. The first-order chi connectivity index (χ1) is 11.6. The first-order valence-corrected chi connectivity index (χ1v) is 9.28. The van der Waals surface area contributed by atoms with Gasteiger partial charge in [-0.05, 0) is 18.9 Å². The van der Waals surface area contributed by atoms with Crippen molar-refractivity contribution in [1.82, 2.24) is 10.6 Å². The van der Waals surface area contributed by atoms with E-state index in [1.807, 2.05) is 37.3 Å². The molecule has 24 heavy (non-hydrogen) atoms. The Morgan fingerprint density at radius 2 is 1.46 bits per heavy atom. The summed E-state index contributed by atoms with van der Waals surface area (Å²) in [6.07, 6.45) is 9.74. The Bertz CT molecular complexity index is 474. The molecule has 0 unspecified atom stereocenters. The zero-order chi connectivity index (χ0) is 17.6. The van der Waals surface area contributed by atoms with Crippen LogP contribution in [0.3, 0.4) is 0 Å². The summed E-state index contributed by atoms with van der Waals surface area (Å²) in [5.41, 5.74) is 0.988. The smallest absolute Gasteiger partial charge is 0.309 e. The molecule has 1 aromatic carbocycles. The van der Waals surface area contributed by atoms with Crippen LogP contribution in [0.4, 0.5) is 0 Å². The standard InChI is InChI=1S/C20H32N2O2/c1-3-4-5-6-7-8-9-13-16-21-19(23)20(24)22-17(2)18-14-11-10-12-15-18/h10-12,14-15,17H,3-9,13,16H2,1-2H3,(H,21,23)(H,22,24)/t17-/m1/s1. The second-order valence-corrected chi connectivity index (χ2v) is 6.34. The van der Waals surface area contributed by atoms with Crippen LogP contribution in [0.15, 0.2) is 30.3 Å². The Labute approximate surface area is 146 Å². The molecular weight excluding hydrogens is 300 g/mol. The van der Waals surface area contributed by atoms with Gasteiger partial charge in [-0.1, -0.05) is 82.2 Å². The average Bonchev–Trinajstić information content (AvgIpc) is 2.60. The van der Waals surface area contributed by atoms with Gasteiger partial charge in [-0.3, -0.25) is 9.59 Å². The van der Waals surface area contributed by atoms with Crippen molar-refractivity contribution in [3.05, 3.63) is 35.9 Å². The van der Waals surface area contributed by atoms with E-state index in [4.69, 9.17) is 0 Å². The van der Waals surface area contributed by atoms with Crippen LogP contribution in [-0.4, -0.2) is 18.4 Å². The second kappa shape index (κ2) is 12.6. The zero-order valence-corrected chi connectivity index (χ0v) is 15.1. The van der Waals surface area contributed by atoms with E-state index in [0.29, 0.717) is 6.54 Å². The molecule has 2 N–H and O–H groups in total. The monoisotopic (exact) mass is 332 g/mol. The lowest BCUT2D eigenvalue weighted by atomic mass is 10.1. The quantitative estimate of drug-likeness (QED) is 0.473. The summed E-state index contributed by atoms with van der Waals surface area (Å²) in [7, 11) is 0. The number of hydrogen-bond donors (Lipinski definition) is 2. The first-order valence-electron chi connectivity index (χ1n) is 9.28. The van der Waals surface area contributed by atoms with E-state index in [-0.39, 0.29) is 6.04 Å². The predicted molar refractivity (Wildman–Crippen MR) is 98.6 cm³/mol. The molecule has 4 heteroatoms. The topological polar surface area (TPSA) is 58.2 Å². The van der Waals surface area contributed by atoms with E-state index in [9.17, 15) is 9.59 Å². The fourth-order valence-corrected chi connectivity index (χ4v) is 2.63. The lowest BCUT2D eigenvalue weighted by Crippen LogP contribution is -2.41. The molecule has 0 heterocycles. The number of nitrogens with one attached hydrogen (secondary N) is 2. The van der Waals surface area contributed by atoms with Gasteiger partial charge in [0.05, 0.1) is 6.04 Å². The van der Waals surface area contributed by atoms with Crippen molar-refractivity contribution in [2.75, 3.05) is 6.54 Å². The van der Waals surface area contributed by atoms with Crippen LogP contribution < -0.4 is 10.6 Å². The number of amides is 2. The van der Waals surface area contributed by atoms with Crippen molar-refractivity contribution < 1.29 is 9.59 Å². The number of rotatable bonds is 11. The van der Waals surface area contributed by atoms with Crippen LogP contribution in [0.25, 0.3) is 0 Å². The lowest BCUT2D eigenvalue weighted by molar-refractivity contribution is -0.139. The first kappa shape index (κ1) is 20.2. The minimum atomic E-state index is -0.564. The van der Waals surface area contributed by atoms with Crippen LogP contribution >= 0.6 is 0 Å². The maximum absolute atomic E-state index is 11.9. The van der Waals surface area contributed by atoms with Gasteiger partial charge in [-0.25, -0.2) is 0 Å². The molecule has 0 saturated heterocycles. The Morgan fingerprint density at radius 1 is 0.875 bits per heavy atom. The number of carbonyl (C=O) groups is 2. The molecule has 4 nitrogen and oxygen atoms in total. The Morgan fingerprint density at radius 3 is 2.08 bits per heavy atom. The largest absolute Gasteiger partial charge is 0.348 e. The molecule has 0 aliphatic rings. The third kappa shape index (κ3) is 8.70. The van der Waals surface area contributed by atoms with Gasteiger partial charge in [-0.15, -0.1) is 0 Å². The molecule has 0 aromatic heterocycles. The van der Waals surface area contributed by atoms with Gasteiger partial charge in [0.2, 0.25) is 0 Å². The van der Waals surface area contributed by atoms with Gasteiger partial charge >= 0.3 is 11.8 Å². The molecule has 1 rings (SSSR count). The van der Waals surface area contributed by atoms with E-state index in [1.54, 1.807) is 0 Å². The second-order valence-electron chi connectivity index (χ2n) is 6.34. The SMILES string of the molecule is CCCCCCCCCCNC(=O)C(=O)N[C@H](C)c1ccccc1. The molecule has 0 bridgehead atoms. The molecule has 0 radical (unpaired) electrons. The molecule has 0 aliphatic heterocycles. The molecule has 1 aromatic rings. The summed E-state index contributed by atoms with van der Waals surface area (Å²) >= 11 is 0. The number of unbranched alkanes of at least 4 members (excludes halogenated alkanes) is 7. The van der Waals surface area contributed by atoms with E-state index >= 15 is 0 Å². The lowest BCUT2D eigenvalue weighted by Gasteiger charge is -2.14. The fourth-order valence-electron chi connectivity index (χ4n) is 2.63. The van der Waals surface area contributed by atoms with Gasteiger partial charge < -0.3 is 10.6 Å². The molecule has 134 valence electrons. The molecular formula is C20H32N2O2. The summed E-state index contributed by atoms with van der Waals surface area (Å²) < 4.78 is 0. The van der Waals surface area contributed by atoms with Crippen molar-refractivity contribution in [3.63, 3.8) is 0 Å². The summed E-state index contributed by atoms with van der Waals surface area (Å²) in [4.78, 5) is 23.7. The highest BCUT2D eigenvalue weighted by atomic mass is 16.2. The van der Waals surface area contributed by atoms with Crippen LogP contribution in [0.2, 0.25) is 0 Å². The molecule has 0 saturated carbocycles. The predicted octanol–water partition coefficient (Wildman–Crippen LogP) is 4.12. The number of benzene rings is 1. The van der Waals surface area contributed by atoms with Gasteiger partial charge in [0.1, 0.15) is 0 Å².